The van der Waals surface area contributed by atoms with Gasteiger partial charge in [0.1, 0.15) is 0 Å². The molecule has 3 heterocycles. The fraction of sp³-hybridized carbons (Fsp3) is 0.714. The second-order valence-electron chi connectivity index (χ2n) is 5.54. The third kappa shape index (κ3) is 2.90. The molecular weight excluding hydrogens is 264 g/mol. The Morgan fingerprint density at radius 3 is 2.78 bits per heavy atom. The number of thiophene rings is 1. The summed E-state index contributed by atoms with van der Waals surface area (Å²) in [5.74, 6) is 0.904. The summed E-state index contributed by atoms with van der Waals surface area (Å²) in [5, 5.41) is 5.75. The molecule has 0 saturated carbocycles. The monoisotopic (exact) mass is 284 g/mol. The second kappa shape index (κ2) is 5.91. The van der Waals surface area contributed by atoms with Gasteiger partial charge in [0, 0.05) is 12.6 Å². The highest BCUT2D eigenvalue weighted by molar-refractivity contribution is 7.14. The molecule has 0 bridgehead atoms. The Kier molecular flexibility index (Phi) is 4.24. The Morgan fingerprint density at radius 1 is 1.33 bits per heavy atom. The standard InChI is InChI=1S/C14H21ClN2S/c15-14-12(5-9-18-14)10-17-7-3-11(4-8-17)13-2-1-6-16-13/h5,9,11,13,16H,1-4,6-8,10H2. The van der Waals surface area contributed by atoms with Crippen molar-refractivity contribution in [3.05, 3.63) is 21.3 Å². The minimum atomic E-state index is 0.803. The maximum absolute atomic E-state index is 6.17. The zero-order valence-corrected chi connectivity index (χ0v) is 12.3. The van der Waals surface area contributed by atoms with E-state index in [4.69, 9.17) is 11.6 Å². The molecule has 4 heteroatoms. The van der Waals surface area contributed by atoms with Crippen molar-refractivity contribution in [1.29, 1.82) is 0 Å². The van der Waals surface area contributed by atoms with Gasteiger partial charge in [-0.25, -0.2) is 0 Å². The zero-order chi connectivity index (χ0) is 12.4. The molecule has 1 N–H and O–H groups in total. The molecule has 0 radical (unpaired) electrons. The van der Waals surface area contributed by atoms with Crippen molar-refractivity contribution in [3.8, 4) is 0 Å². The van der Waals surface area contributed by atoms with Gasteiger partial charge in [0.15, 0.2) is 0 Å². The highest BCUT2D eigenvalue weighted by Gasteiger charge is 2.28. The van der Waals surface area contributed by atoms with Gasteiger partial charge in [0.05, 0.1) is 4.34 Å². The number of nitrogens with one attached hydrogen (secondary N) is 1. The van der Waals surface area contributed by atoms with Crippen LogP contribution in [-0.2, 0) is 6.54 Å². The number of hydrogen-bond acceptors (Lipinski definition) is 3. The van der Waals surface area contributed by atoms with Gasteiger partial charge in [0.2, 0.25) is 0 Å². The summed E-state index contributed by atoms with van der Waals surface area (Å²) >= 11 is 7.82. The number of halogens is 1. The molecule has 2 aliphatic heterocycles. The molecule has 1 aromatic rings. The van der Waals surface area contributed by atoms with Crippen molar-refractivity contribution in [3.63, 3.8) is 0 Å². The predicted octanol–water partition coefficient (Wildman–Crippen LogP) is 3.37. The predicted molar refractivity (Wildman–Crippen MR) is 78.4 cm³/mol. The quantitative estimate of drug-likeness (QED) is 0.916. The van der Waals surface area contributed by atoms with Crippen LogP contribution in [0, 0.1) is 5.92 Å². The summed E-state index contributed by atoms with van der Waals surface area (Å²) in [4.78, 5) is 2.55. The summed E-state index contributed by atoms with van der Waals surface area (Å²) in [6.07, 6.45) is 5.45. The molecular formula is C14H21ClN2S. The first-order valence-electron chi connectivity index (χ1n) is 7.00. The van der Waals surface area contributed by atoms with E-state index in [2.05, 4.69) is 21.7 Å². The van der Waals surface area contributed by atoms with E-state index in [9.17, 15) is 0 Å². The van der Waals surface area contributed by atoms with Crippen molar-refractivity contribution in [2.45, 2.75) is 38.3 Å². The molecule has 0 spiro atoms. The van der Waals surface area contributed by atoms with Crippen LogP contribution in [0.4, 0.5) is 0 Å². The van der Waals surface area contributed by atoms with Crippen LogP contribution in [0.15, 0.2) is 11.4 Å². The molecule has 2 fully saturated rings. The van der Waals surface area contributed by atoms with E-state index in [1.165, 1.54) is 50.9 Å². The molecule has 1 aromatic heterocycles. The molecule has 0 amide bonds. The summed E-state index contributed by atoms with van der Waals surface area (Å²) in [6.45, 7) is 4.73. The van der Waals surface area contributed by atoms with Crippen LogP contribution in [-0.4, -0.2) is 30.6 Å². The summed E-state index contributed by atoms with van der Waals surface area (Å²) in [6, 6.07) is 2.97. The lowest BCUT2D eigenvalue weighted by atomic mass is 9.88. The van der Waals surface area contributed by atoms with Crippen LogP contribution in [0.5, 0.6) is 0 Å². The number of likely N-dealkylation sites (tertiary alicyclic amines) is 1. The van der Waals surface area contributed by atoms with E-state index >= 15 is 0 Å². The molecule has 0 aromatic carbocycles. The normalized spacial score (nSPS) is 26.8. The maximum atomic E-state index is 6.17. The van der Waals surface area contributed by atoms with E-state index in [0.29, 0.717) is 0 Å². The van der Waals surface area contributed by atoms with Gasteiger partial charge in [-0.2, -0.15) is 0 Å². The van der Waals surface area contributed by atoms with Crippen molar-refractivity contribution in [2.24, 2.45) is 5.92 Å². The molecule has 1 unspecified atom stereocenters. The number of hydrogen-bond donors (Lipinski definition) is 1. The Hall–Kier alpha value is -0.0900. The highest BCUT2D eigenvalue weighted by Crippen LogP contribution is 2.28. The lowest BCUT2D eigenvalue weighted by Crippen LogP contribution is -2.40. The largest absolute Gasteiger partial charge is 0.314 e. The first-order valence-corrected chi connectivity index (χ1v) is 8.26. The van der Waals surface area contributed by atoms with Crippen molar-refractivity contribution in [1.82, 2.24) is 10.2 Å². The van der Waals surface area contributed by atoms with Gasteiger partial charge < -0.3 is 5.32 Å². The Morgan fingerprint density at radius 2 is 2.17 bits per heavy atom. The fourth-order valence-corrected chi connectivity index (χ4v) is 4.21. The van der Waals surface area contributed by atoms with Gasteiger partial charge in [0.25, 0.3) is 0 Å². The lowest BCUT2D eigenvalue weighted by Gasteiger charge is -2.34. The Labute approximate surface area is 118 Å². The van der Waals surface area contributed by atoms with E-state index in [1.807, 2.05) is 0 Å². The average Bonchev–Trinajstić information content (AvgIpc) is 3.03. The van der Waals surface area contributed by atoms with E-state index in [-0.39, 0.29) is 0 Å². The van der Waals surface area contributed by atoms with Crippen molar-refractivity contribution < 1.29 is 0 Å². The van der Waals surface area contributed by atoms with Crippen molar-refractivity contribution >= 4 is 22.9 Å². The summed E-state index contributed by atoms with van der Waals surface area (Å²) in [5.41, 5.74) is 1.30. The molecule has 3 rings (SSSR count). The van der Waals surface area contributed by atoms with Gasteiger partial charge in [-0.15, -0.1) is 11.3 Å². The van der Waals surface area contributed by atoms with Crippen LogP contribution in [0.2, 0.25) is 4.34 Å². The number of nitrogens with zero attached hydrogens (tertiary/aromatic N) is 1. The van der Waals surface area contributed by atoms with E-state index in [1.54, 1.807) is 11.3 Å². The highest BCUT2D eigenvalue weighted by atomic mass is 35.5. The van der Waals surface area contributed by atoms with E-state index in [0.717, 1.165) is 22.8 Å². The molecule has 1 atom stereocenters. The van der Waals surface area contributed by atoms with Crippen LogP contribution >= 0.6 is 22.9 Å². The summed E-state index contributed by atoms with van der Waals surface area (Å²) < 4.78 is 0.967. The fourth-order valence-electron chi connectivity index (χ4n) is 3.30. The van der Waals surface area contributed by atoms with E-state index < -0.39 is 0 Å². The lowest BCUT2D eigenvalue weighted by molar-refractivity contribution is 0.157. The van der Waals surface area contributed by atoms with Gasteiger partial charge >= 0.3 is 0 Å². The average molecular weight is 285 g/mol. The van der Waals surface area contributed by atoms with Crippen LogP contribution in [0.25, 0.3) is 0 Å². The first-order chi connectivity index (χ1) is 8.83. The molecule has 0 aliphatic carbocycles. The van der Waals surface area contributed by atoms with Crippen LogP contribution in [0.3, 0.4) is 0 Å². The summed E-state index contributed by atoms with van der Waals surface area (Å²) in [7, 11) is 0. The molecule has 2 nitrogen and oxygen atoms in total. The number of rotatable bonds is 3. The molecule has 2 aliphatic rings. The SMILES string of the molecule is Clc1sccc1CN1CCC(C2CCCN2)CC1. The first kappa shape index (κ1) is 12.9. The third-order valence-electron chi connectivity index (χ3n) is 4.39. The zero-order valence-electron chi connectivity index (χ0n) is 10.7. The molecule has 100 valence electrons. The van der Waals surface area contributed by atoms with Gasteiger partial charge in [-0.05, 0) is 68.2 Å². The number of piperidine rings is 1. The van der Waals surface area contributed by atoms with Crippen LogP contribution in [0.1, 0.15) is 31.2 Å². The smallest absolute Gasteiger partial charge is 0.0973 e. The molecule has 18 heavy (non-hydrogen) atoms. The minimum absolute atomic E-state index is 0.803. The Bertz CT molecular complexity index is 379. The maximum Gasteiger partial charge on any atom is 0.0973 e. The van der Waals surface area contributed by atoms with Crippen molar-refractivity contribution in [2.75, 3.05) is 19.6 Å². The minimum Gasteiger partial charge on any atom is -0.314 e. The molecule has 2 saturated heterocycles. The second-order valence-corrected chi connectivity index (χ2v) is 7.05. The van der Waals surface area contributed by atoms with Gasteiger partial charge in [-0.3, -0.25) is 4.90 Å². The van der Waals surface area contributed by atoms with Gasteiger partial charge in [-0.1, -0.05) is 11.6 Å². The topological polar surface area (TPSA) is 15.3 Å². The third-order valence-corrected chi connectivity index (χ3v) is 5.64. The van der Waals surface area contributed by atoms with Crippen LogP contribution < -0.4 is 5.32 Å². The Balaban J connectivity index is 1.49.